The Hall–Kier alpha value is -2.22. The third-order valence-corrected chi connectivity index (χ3v) is 4.65. The molecule has 2 aromatic rings. The lowest BCUT2D eigenvalue weighted by Gasteiger charge is -2.26. The summed E-state index contributed by atoms with van der Waals surface area (Å²) < 4.78 is 0. The molecule has 2 nitrogen and oxygen atoms in total. The highest BCUT2D eigenvalue weighted by molar-refractivity contribution is 6.01. The van der Waals surface area contributed by atoms with Gasteiger partial charge in [0.2, 0.25) is 0 Å². The highest BCUT2D eigenvalue weighted by atomic mass is 16.1. The van der Waals surface area contributed by atoms with Gasteiger partial charge in [0.05, 0.1) is 5.92 Å². The van der Waals surface area contributed by atoms with Gasteiger partial charge in [0.1, 0.15) is 11.6 Å². The maximum atomic E-state index is 12.2. The van der Waals surface area contributed by atoms with Crippen molar-refractivity contribution in [2.24, 2.45) is 5.92 Å². The van der Waals surface area contributed by atoms with Gasteiger partial charge in [-0.1, -0.05) is 48.5 Å². The van der Waals surface area contributed by atoms with E-state index >= 15 is 0 Å². The average Bonchev–Trinajstić information content (AvgIpc) is 2.65. The molecule has 0 bridgehead atoms. The van der Waals surface area contributed by atoms with Crippen LogP contribution in [0.15, 0.2) is 48.5 Å². The number of carbonyl (C=O) groups is 2. The molecule has 1 aliphatic carbocycles. The van der Waals surface area contributed by atoms with Crippen LogP contribution in [0.4, 0.5) is 0 Å². The van der Waals surface area contributed by atoms with Crippen molar-refractivity contribution >= 4 is 11.6 Å². The van der Waals surface area contributed by atoms with Crippen molar-refractivity contribution < 1.29 is 9.59 Å². The number of ketones is 2. The van der Waals surface area contributed by atoms with Crippen LogP contribution in [0.1, 0.15) is 42.0 Å². The van der Waals surface area contributed by atoms with Gasteiger partial charge in [-0.15, -0.1) is 0 Å². The fourth-order valence-corrected chi connectivity index (χ4v) is 3.68. The van der Waals surface area contributed by atoms with Gasteiger partial charge < -0.3 is 0 Å². The second-order valence-electron chi connectivity index (χ2n) is 6.07. The summed E-state index contributed by atoms with van der Waals surface area (Å²) in [6, 6.07) is 16.4. The molecule has 0 radical (unpaired) electrons. The van der Waals surface area contributed by atoms with Gasteiger partial charge in [0.15, 0.2) is 0 Å². The Labute approximate surface area is 131 Å². The van der Waals surface area contributed by atoms with Crippen LogP contribution in [0.3, 0.4) is 0 Å². The maximum Gasteiger partial charge on any atom is 0.141 e. The fourth-order valence-electron chi connectivity index (χ4n) is 3.68. The zero-order valence-electron chi connectivity index (χ0n) is 13.0. The maximum absolute atomic E-state index is 12.2. The standard InChI is InChI=1S/C20H20O2/c1-13(21)19(14(2)22)20-17-9-5-3-7-15(17)11-12-16-8-4-6-10-18(16)20/h3-10,19-20H,11-12H2,1-2H3. The molecule has 0 saturated heterocycles. The highest BCUT2D eigenvalue weighted by Gasteiger charge is 2.35. The molecular weight excluding hydrogens is 272 g/mol. The molecule has 0 saturated carbocycles. The third kappa shape index (κ3) is 2.50. The lowest BCUT2D eigenvalue weighted by atomic mass is 9.75. The minimum Gasteiger partial charge on any atom is -0.299 e. The first kappa shape index (κ1) is 14.7. The van der Waals surface area contributed by atoms with Crippen molar-refractivity contribution in [3.63, 3.8) is 0 Å². The zero-order valence-corrected chi connectivity index (χ0v) is 13.0. The van der Waals surface area contributed by atoms with Crippen molar-refractivity contribution in [2.45, 2.75) is 32.6 Å². The molecule has 22 heavy (non-hydrogen) atoms. The van der Waals surface area contributed by atoms with E-state index in [9.17, 15) is 9.59 Å². The van der Waals surface area contributed by atoms with Gasteiger partial charge in [-0.3, -0.25) is 9.59 Å². The summed E-state index contributed by atoms with van der Waals surface area (Å²) in [6.07, 6.45) is 1.90. The number of Topliss-reactive ketones (excluding diaryl/α,β-unsaturated/α-hetero) is 2. The van der Waals surface area contributed by atoms with Crippen LogP contribution in [0.5, 0.6) is 0 Å². The molecule has 0 aromatic heterocycles. The van der Waals surface area contributed by atoms with E-state index in [1.54, 1.807) is 0 Å². The minimum absolute atomic E-state index is 0.0518. The molecule has 0 heterocycles. The van der Waals surface area contributed by atoms with E-state index in [1.807, 2.05) is 24.3 Å². The van der Waals surface area contributed by atoms with Gasteiger partial charge >= 0.3 is 0 Å². The lowest BCUT2D eigenvalue weighted by molar-refractivity contribution is -0.130. The van der Waals surface area contributed by atoms with E-state index in [4.69, 9.17) is 0 Å². The average molecular weight is 292 g/mol. The van der Waals surface area contributed by atoms with E-state index in [1.165, 1.54) is 25.0 Å². The van der Waals surface area contributed by atoms with Crippen LogP contribution in [0.2, 0.25) is 0 Å². The molecular formula is C20H20O2. The molecule has 0 fully saturated rings. The molecule has 0 unspecified atom stereocenters. The number of rotatable bonds is 3. The first-order chi connectivity index (χ1) is 10.6. The molecule has 0 N–H and O–H groups in total. The molecule has 0 spiro atoms. The lowest BCUT2D eigenvalue weighted by Crippen LogP contribution is -2.28. The third-order valence-electron chi connectivity index (χ3n) is 4.65. The molecule has 0 aliphatic heterocycles. The Kier molecular flexibility index (Phi) is 3.93. The van der Waals surface area contributed by atoms with Crippen LogP contribution in [-0.4, -0.2) is 11.6 Å². The summed E-state index contributed by atoms with van der Waals surface area (Å²) in [4.78, 5) is 24.4. The van der Waals surface area contributed by atoms with E-state index in [2.05, 4.69) is 24.3 Å². The summed E-state index contributed by atoms with van der Waals surface area (Å²) in [5.74, 6) is -0.863. The second-order valence-corrected chi connectivity index (χ2v) is 6.07. The summed E-state index contributed by atoms with van der Waals surface area (Å²) in [6.45, 7) is 3.06. The Morgan fingerprint density at radius 1 is 0.818 bits per heavy atom. The van der Waals surface area contributed by atoms with Crippen LogP contribution < -0.4 is 0 Å². The molecule has 112 valence electrons. The smallest absolute Gasteiger partial charge is 0.141 e. The predicted octanol–water partition coefficient (Wildman–Crippen LogP) is 3.71. The van der Waals surface area contributed by atoms with Crippen LogP contribution >= 0.6 is 0 Å². The normalized spacial score (nSPS) is 14.1. The van der Waals surface area contributed by atoms with E-state index < -0.39 is 5.92 Å². The van der Waals surface area contributed by atoms with E-state index in [-0.39, 0.29) is 17.5 Å². The quantitative estimate of drug-likeness (QED) is 0.808. The molecule has 2 heteroatoms. The first-order valence-electron chi connectivity index (χ1n) is 7.76. The predicted molar refractivity (Wildman–Crippen MR) is 87.0 cm³/mol. The second kappa shape index (κ2) is 5.88. The Bertz CT molecular complexity index is 668. The molecule has 1 aliphatic rings. The van der Waals surface area contributed by atoms with Crippen molar-refractivity contribution in [1.29, 1.82) is 0 Å². The van der Waals surface area contributed by atoms with Gasteiger partial charge in [-0.05, 0) is 48.9 Å². The van der Waals surface area contributed by atoms with Crippen molar-refractivity contribution in [3.05, 3.63) is 70.8 Å². The van der Waals surface area contributed by atoms with Gasteiger partial charge in [0.25, 0.3) is 0 Å². The number of benzene rings is 2. The number of carbonyl (C=O) groups excluding carboxylic acids is 2. The zero-order chi connectivity index (χ0) is 15.7. The SMILES string of the molecule is CC(=O)C(C(C)=O)C1c2ccccc2CCc2ccccc21. The monoisotopic (exact) mass is 292 g/mol. The summed E-state index contributed by atoms with van der Waals surface area (Å²) in [7, 11) is 0. The molecule has 0 atom stereocenters. The number of hydrogen-bond donors (Lipinski definition) is 0. The molecule has 2 aromatic carbocycles. The van der Waals surface area contributed by atoms with Crippen molar-refractivity contribution in [1.82, 2.24) is 0 Å². The highest BCUT2D eigenvalue weighted by Crippen LogP contribution is 2.39. The summed E-state index contributed by atoms with van der Waals surface area (Å²) >= 11 is 0. The number of aryl methyl sites for hydroxylation is 2. The van der Waals surface area contributed by atoms with Crippen molar-refractivity contribution in [2.75, 3.05) is 0 Å². The number of fused-ring (bicyclic) bond motifs is 2. The topological polar surface area (TPSA) is 34.1 Å². The Morgan fingerprint density at radius 2 is 1.23 bits per heavy atom. The summed E-state index contributed by atoms with van der Waals surface area (Å²) in [5.41, 5.74) is 4.75. The van der Waals surface area contributed by atoms with Gasteiger partial charge in [-0.2, -0.15) is 0 Å². The van der Waals surface area contributed by atoms with Crippen LogP contribution in [0.25, 0.3) is 0 Å². The largest absolute Gasteiger partial charge is 0.299 e. The molecule has 3 rings (SSSR count). The van der Waals surface area contributed by atoms with Gasteiger partial charge in [-0.25, -0.2) is 0 Å². The molecule has 0 amide bonds. The Morgan fingerprint density at radius 3 is 1.64 bits per heavy atom. The fraction of sp³-hybridized carbons (Fsp3) is 0.300. The van der Waals surface area contributed by atoms with Crippen molar-refractivity contribution in [3.8, 4) is 0 Å². The summed E-state index contributed by atoms with van der Waals surface area (Å²) in [5, 5.41) is 0. The minimum atomic E-state index is -0.597. The van der Waals surface area contributed by atoms with E-state index in [0.717, 1.165) is 24.0 Å². The van der Waals surface area contributed by atoms with Crippen LogP contribution in [0, 0.1) is 5.92 Å². The number of hydrogen-bond acceptors (Lipinski definition) is 2. The van der Waals surface area contributed by atoms with Gasteiger partial charge in [0, 0.05) is 5.92 Å². The van der Waals surface area contributed by atoms with Crippen LogP contribution in [-0.2, 0) is 22.4 Å². The Balaban J connectivity index is 2.26. The first-order valence-corrected chi connectivity index (χ1v) is 7.76. The van der Waals surface area contributed by atoms with E-state index in [0.29, 0.717) is 0 Å².